The number of rotatable bonds is 1. The highest BCUT2D eigenvalue weighted by molar-refractivity contribution is 5.32. The van der Waals surface area contributed by atoms with Crippen molar-refractivity contribution in [1.29, 1.82) is 0 Å². The quantitative estimate of drug-likeness (QED) is 0.785. The van der Waals surface area contributed by atoms with Crippen LogP contribution < -0.4 is 5.73 Å². The molecule has 0 heterocycles. The van der Waals surface area contributed by atoms with Gasteiger partial charge in [-0.05, 0) is 35.8 Å². The standard InChI is InChI=1S/C17H24F3N/c1-15(2,3)12-6-8-13(9-7-12)16(21)10-4-5-14(11-16)17(18,19)20/h6-9,14H,4-5,10-11,21H2,1-3H3. The molecule has 1 aliphatic carbocycles. The van der Waals surface area contributed by atoms with Crippen molar-refractivity contribution < 1.29 is 13.2 Å². The van der Waals surface area contributed by atoms with Crippen LogP contribution in [0, 0.1) is 5.92 Å². The van der Waals surface area contributed by atoms with E-state index in [-0.39, 0.29) is 18.3 Å². The molecule has 0 bridgehead atoms. The zero-order valence-corrected chi connectivity index (χ0v) is 12.9. The first kappa shape index (κ1) is 16.3. The third-order valence-corrected chi connectivity index (χ3v) is 4.57. The molecule has 2 N–H and O–H groups in total. The molecule has 0 saturated heterocycles. The van der Waals surface area contributed by atoms with Gasteiger partial charge in [0.15, 0.2) is 0 Å². The van der Waals surface area contributed by atoms with E-state index in [0.29, 0.717) is 12.8 Å². The van der Waals surface area contributed by atoms with E-state index in [9.17, 15) is 13.2 Å². The molecule has 0 radical (unpaired) electrons. The number of hydrogen-bond donors (Lipinski definition) is 1. The molecule has 0 amide bonds. The van der Waals surface area contributed by atoms with Crippen molar-refractivity contribution in [2.24, 2.45) is 11.7 Å². The summed E-state index contributed by atoms with van der Waals surface area (Å²) in [7, 11) is 0. The molecular weight excluding hydrogens is 275 g/mol. The Morgan fingerprint density at radius 1 is 1.10 bits per heavy atom. The van der Waals surface area contributed by atoms with Gasteiger partial charge < -0.3 is 5.73 Å². The van der Waals surface area contributed by atoms with Gasteiger partial charge in [0.1, 0.15) is 0 Å². The molecule has 1 saturated carbocycles. The van der Waals surface area contributed by atoms with Crippen LogP contribution in [-0.4, -0.2) is 6.18 Å². The number of alkyl halides is 3. The van der Waals surface area contributed by atoms with Crippen LogP contribution in [0.4, 0.5) is 13.2 Å². The fourth-order valence-electron chi connectivity index (χ4n) is 3.15. The van der Waals surface area contributed by atoms with E-state index in [1.807, 2.05) is 24.3 Å². The molecule has 1 aromatic carbocycles. The molecule has 0 spiro atoms. The van der Waals surface area contributed by atoms with Gasteiger partial charge in [-0.25, -0.2) is 0 Å². The Hall–Kier alpha value is -1.03. The molecule has 1 nitrogen and oxygen atoms in total. The van der Waals surface area contributed by atoms with Gasteiger partial charge in [-0.15, -0.1) is 0 Å². The fourth-order valence-corrected chi connectivity index (χ4v) is 3.15. The van der Waals surface area contributed by atoms with Gasteiger partial charge >= 0.3 is 6.18 Å². The average Bonchev–Trinajstić information content (AvgIpc) is 2.37. The van der Waals surface area contributed by atoms with Crippen LogP contribution in [0.15, 0.2) is 24.3 Å². The van der Waals surface area contributed by atoms with Crippen molar-refractivity contribution in [3.05, 3.63) is 35.4 Å². The lowest BCUT2D eigenvalue weighted by atomic mass is 9.72. The van der Waals surface area contributed by atoms with Crippen molar-refractivity contribution in [2.45, 2.75) is 63.6 Å². The van der Waals surface area contributed by atoms with E-state index in [1.54, 1.807) is 0 Å². The van der Waals surface area contributed by atoms with Crippen LogP contribution in [0.5, 0.6) is 0 Å². The number of benzene rings is 1. The maximum atomic E-state index is 13.0. The van der Waals surface area contributed by atoms with E-state index in [0.717, 1.165) is 11.1 Å². The first-order valence-electron chi connectivity index (χ1n) is 7.49. The summed E-state index contributed by atoms with van der Waals surface area (Å²) in [5, 5.41) is 0. The van der Waals surface area contributed by atoms with Crippen LogP contribution >= 0.6 is 0 Å². The molecule has 118 valence electrons. The minimum absolute atomic E-state index is 0.00857. The van der Waals surface area contributed by atoms with Gasteiger partial charge in [-0.3, -0.25) is 0 Å². The van der Waals surface area contributed by atoms with Crippen LogP contribution in [0.2, 0.25) is 0 Å². The third kappa shape index (κ3) is 3.60. The van der Waals surface area contributed by atoms with Crippen molar-refractivity contribution >= 4 is 0 Å². The lowest BCUT2D eigenvalue weighted by Gasteiger charge is -2.39. The van der Waals surface area contributed by atoms with Crippen molar-refractivity contribution in [3.8, 4) is 0 Å². The molecule has 1 aromatic rings. The maximum absolute atomic E-state index is 13.0. The van der Waals surface area contributed by atoms with E-state index in [2.05, 4.69) is 20.8 Å². The summed E-state index contributed by atoms with van der Waals surface area (Å²) in [4.78, 5) is 0. The smallest absolute Gasteiger partial charge is 0.321 e. The highest BCUT2D eigenvalue weighted by Gasteiger charge is 2.46. The second-order valence-corrected chi connectivity index (χ2v) is 7.32. The Morgan fingerprint density at radius 3 is 2.14 bits per heavy atom. The maximum Gasteiger partial charge on any atom is 0.391 e. The molecule has 2 unspecified atom stereocenters. The highest BCUT2D eigenvalue weighted by atomic mass is 19.4. The molecule has 1 fully saturated rings. The minimum atomic E-state index is -4.14. The van der Waals surface area contributed by atoms with E-state index < -0.39 is 17.6 Å². The monoisotopic (exact) mass is 299 g/mol. The van der Waals surface area contributed by atoms with E-state index >= 15 is 0 Å². The topological polar surface area (TPSA) is 26.0 Å². The molecule has 2 atom stereocenters. The van der Waals surface area contributed by atoms with Gasteiger partial charge in [-0.1, -0.05) is 51.5 Å². The number of hydrogen-bond acceptors (Lipinski definition) is 1. The average molecular weight is 299 g/mol. The lowest BCUT2D eigenvalue weighted by molar-refractivity contribution is -0.187. The summed E-state index contributed by atoms with van der Waals surface area (Å²) in [5.74, 6) is -1.28. The Labute approximate surface area is 124 Å². The Kier molecular flexibility index (Phi) is 4.13. The van der Waals surface area contributed by atoms with Gasteiger partial charge in [0.05, 0.1) is 5.92 Å². The third-order valence-electron chi connectivity index (χ3n) is 4.57. The first-order valence-corrected chi connectivity index (χ1v) is 7.49. The largest absolute Gasteiger partial charge is 0.391 e. The van der Waals surface area contributed by atoms with Crippen molar-refractivity contribution in [1.82, 2.24) is 0 Å². The molecule has 1 aliphatic rings. The predicted molar refractivity (Wildman–Crippen MR) is 79.0 cm³/mol. The fraction of sp³-hybridized carbons (Fsp3) is 0.647. The molecular formula is C17H24F3N. The second-order valence-electron chi connectivity index (χ2n) is 7.32. The summed E-state index contributed by atoms with van der Waals surface area (Å²) < 4.78 is 38.9. The summed E-state index contributed by atoms with van der Waals surface area (Å²) >= 11 is 0. The Balaban J connectivity index is 2.23. The normalized spacial score (nSPS) is 27.7. The van der Waals surface area contributed by atoms with Crippen LogP contribution in [0.1, 0.15) is 57.6 Å². The summed E-state index contributed by atoms with van der Waals surface area (Å²) in [6.45, 7) is 6.33. The zero-order chi connectivity index (χ0) is 15.9. The van der Waals surface area contributed by atoms with Gasteiger partial charge in [0.2, 0.25) is 0 Å². The molecule has 21 heavy (non-hydrogen) atoms. The van der Waals surface area contributed by atoms with Crippen LogP contribution in [0.3, 0.4) is 0 Å². The molecule has 0 aliphatic heterocycles. The second kappa shape index (κ2) is 5.31. The van der Waals surface area contributed by atoms with E-state index in [1.165, 1.54) is 0 Å². The van der Waals surface area contributed by atoms with Crippen LogP contribution in [0.25, 0.3) is 0 Å². The highest BCUT2D eigenvalue weighted by Crippen LogP contribution is 2.44. The van der Waals surface area contributed by atoms with Gasteiger partial charge in [0.25, 0.3) is 0 Å². The van der Waals surface area contributed by atoms with Gasteiger partial charge in [0, 0.05) is 5.54 Å². The Bertz CT molecular complexity index is 484. The summed E-state index contributed by atoms with van der Waals surface area (Å²) in [6, 6.07) is 7.78. The first-order chi connectivity index (χ1) is 9.52. The molecule has 2 rings (SSSR count). The van der Waals surface area contributed by atoms with Crippen molar-refractivity contribution in [2.75, 3.05) is 0 Å². The van der Waals surface area contributed by atoms with Crippen molar-refractivity contribution in [3.63, 3.8) is 0 Å². The molecule has 0 aromatic heterocycles. The lowest BCUT2D eigenvalue weighted by Crippen LogP contribution is -2.44. The minimum Gasteiger partial charge on any atom is -0.321 e. The SMILES string of the molecule is CC(C)(C)c1ccc(C2(N)CCCC(C(F)(F)F)C2)cc1. The van der Waals surface area contributed by atoms with Gasteiger partial charge in [-0.2, -0.15) is 13.2 Å². The summed E-state index contributed by atoms with van der Waals surface area (Å²) in [6.07, 6.45) is -2.81. The van der Waals surface area contributed by atoms with Crippen LogP contribution in [-0.2, 0) is 11.0 Å². The predicted octanol–water partition coefficient (Wildman–Crippen LogP) is 4.89. The summed E-state index contributed by atoms with van der Waals surface area (Å²) in [5.41, 5.74) is 7.49. The number of halogens is 3. The Morgan fingerprint density at radius 2 is 1.67 bits per heavy atom. The zero-order valence-electron chi connectivity index (χ0n) is 12.9. The van der Waals surface area contributed by atoms with E-state index in [4.69, 9.17) is 5.73 Å². The molecule has 4 heteroatoms. The number of nitrogens with two attached hydrogens (primary N) is 1.